The molecule has 0 saturated carbocycles. The van der Waals surface area contributed by atoms with Crippen LogP contribution in [0.15, 0.2) is 47.0 Å². The zero-order valence-corrected chi connectivity index (χ0v) is 20.9. The van der Waals surface area contributed by atoms with Crippen molar-refractivity contribution in [1.29, 1.82) is 0 Å². The van der Waals surface area contributed by atoms with Crippen LogP contribution in [-0.2, 0) is 9.59 Å². The molecule has 0 amide bonds. The number of rotatable bonds is 6. The third kappa shape index (κ3) is 5.43. The van der Waals surface area contributed by atoms with Crippen molar-refractivity contribution in [2.75, 3.05) is 39.3 Å². The van der Waals surface area contributed by atoms with Crippen LogP contribution in [0.2, 0.25) is 0 Å². The molecule has 3 fully saturated rings. The van der Waals surface area contributed by atoms with E-state index >= 15 is 0 Å². The van der Waals surface area contributed by atoms with Gasteiger partial charge in [0.2, 0.25) is 11.6 Å². The Kier molecular flexibility index (Phi) is 6.34. The number of nitrogens with zero attached hydrogens (tertiary/aromatic N) is 3. The minimum atomic E-state index is -0.763. The first-order chi connectivity index (χ1) is 15.5. The van der Waals surface area contributed by atoms with E-state index in [1.165, 1.54) is 25.3 Å². The lowest BCUT2D eigenvalue weighted by Gasteiger charge is -2.37. The molecule has 3 saturated heterocycles. The van der Waals surface area contributed by atoms with Crippen molar-refractivity contribution in [3.63, 3.8) is 0 Å². The van der Waals surface area contributed by atoms with Crippen molar-refractivity contribution in [1.82, 2.24) is 14.7 Å². The van der Waals surface area contributed by atoms with Gasteiger partial charge in [0.15, 0.2) is 0 Å². The molecule has 180 valence electrons. The van der Waals surface area contributed by atoms with Gasteiger partial charge in [0.25, 0.3) is 0 Å². The number of allylic oxidation sites excluding steroid dienone is 3. The largest absolute Gasteiger partial charge is 0.382 e. The van der Waals surface area contributed by atoms with E-state index in [9.17, 15) is 14.7 Å². The number of aliphatic hydroxyl groups is 1. The fourth-order valence-electron chi connectivity index (χ4n) is 4.74. The number of unbranched alkanes of at least 4 members (excludes halogenated alkanes) is 1. The molecule has 5 rings (SSSR count). The molecule has 0 bridgehead atoms. The standard InChI is InChI=1S/C15H26O.C12H13N3O2/c1-6-7-8-12-9-10-15(5,16)13(11-12)14(2,3)4;16-9-7-8(13-1-2-13)12(17)11(15-5-6-15)10(9)14-3-4-14/h9-12,16H,6-8H2,1-5H3;7H,1-6H2. The Morgan fingerprint density at radius 1 is 1.00 bits per heavy atom. The lowest BCUT2D eigenvalue weighted by molar-refractivity contribution is -0.117. The van der Waals surface area contributed by atoms with Gasteiger partial charge in [0, 0.05) is 45.3 Å². The van der Waals surface area contributed by atoms with Gasteiger partial charge in [-0.2, -0.15) is 0 Å². The molecule has 33 heavy (non-hydrogen) atoms. The van der Waals surface area contributed by atoms with Gasteiger partial charge in [0.05, 0.1) is 5.70 Å². The van der Waals surface area contributed by atoms with Gasteiger partial charge in [-0.25, -0.2) is 0 Å². The fourth-order valence-corrected chi connectivity index (χ4v) is 4.74. The Bertz CT molecular complexity index is 936. The van der Waals surface area contributed by atoms with E-state index in [-0.39, 0.29) is 17.0 Å². The summed E-state index contributed by atoms with van der Waals surface area (Å²) in [5.74, 6) is 0.557. The smallest absolute Gasteiger partial charge is 0.227 e. The summed E-state index contributed by atoms with van der Waals surface area (Å²) in [5, 5.41) is 10.4. The highest BCUT2D eigenvalue weighted by Crippen LogP contribution is 2.39. The summed E-state index contributed by atoms with van der Waals surface area (Å²) in [6, 6.07) is 0. The predicted molar refractivity (Wildman–Crippen MR) is 130 cm³/mol. The zero-order valence-electron chi connectivity index (χ0n) is 20.9. The van der Waals surface area contributed by atoms with Gasteiger partial charge in [-0.3, -0.25) is 9.59 Å². The SMILES string of the molecule is CCCCC1C=CC(C)(O)C(C(C)(C)C)=C1.O=C1C=C(N2CC2)C(=O)C(N2CC2)=C1N1CC1. The molecule has 6 nitrogen and oxygen atoms in total. The molecule has 0 aromatic rings. The van der Waals surface area contributed by atoms with E-state index in [0.717, 1.165) is 44.8 Å². The van der Waals surface area contributed by atoms with E-state index < -0.39 is 5.60 Å². The fraction of sp³-hybridized carbons (Fsp3) is 0.630. The van der Waals surface area contributed by atoms with E-state index in [4.69, 9.17) is 0 Å². The molecular formula is C27H39N3O3. The van der Waals surface area contributed by atoms with E-state index in [0.29, 0.717) is 23.0 Å². The average molecular weight is 454 g/mol. The molecule has 0 aromatic carbocycles. The zero-order chi connectivity index (χ0) is 24.0. The number of hydrogen-bond donors (Lipinski definition) is 1. The number of Topliss-reactive ketones (excluding diaryl/α,β-unsaturated/α-hetero) is 1. The normalized spacial score (nSPS) is 28.4. The van der Waals surface area contributed by atoms with Crippen LogP contribution in [0.4, 0.5) is 0 Å². The van der Waals surface area contributed by atoms with Crippen LogP contribution in [0.25, 0.3) is 0 Å². The Balaban J connectivity index is 0.000000158. The van der Waals surface area contributed by atoms with Crippen LogP contribution in [0.5, 0.6) is 0 Å². The van der Waals surface area contributed by atoms with Gasteiger partial charge < -0.3 is 19.8 Å². The molecular weight excluding hydrogens is 414 g/mol. The first-order valence-corrected chi connectivity index (χ1v) is 12.5. The van der Waals surface area contributed by atoms with Crippen LogP contribution in [0, 0.1) is 11.3 Å². The Morgan fingerprint density at radius 3 is 2.09 bits per heavy atom. The van der Waals surface area contributed by atoms with Crippen LogP contribution in [0.3, 0.4) is 0 Å². The minimum Gasteiger partial charge on any atom is -0.382 e. The van der Waals surface area contributed by atoms with Gasteiger partial charge in [0.1, 0.15) is 17.0 Å². The summed E-state index contributed by atoms with van der Waals surface area (Å²) < 4.78 is 0. The first-order valence-electron chi connectivity index (χ1n) is 12.5. The summed E-state index contributed by atoms with van der Waals surface area (Å²) in [6.45, 7) is 16.0. The van der Waals surface area contributed by atoms with Crippen molar-refractivity contribution >= 4 is 11.6 Å². The lowest BCUT2D eigenvalue weighted by Crippen LogP contribution is -2.34. The highest BCUT2D eigenvalue weighted by atomic mass is 16.3. The molecule has 3 aliphatic heterocycles. The molecule has 0 spiro atoms. The molecule has 2 atom stereocenters. The third-order valence-electron chi connectivity index (χ3n) is 6.78. The first kappa shape index (κ1) is 23.8. The second kappa shape index (κ2) is 8.79. The van der Waals surface area contributed by atoms with E-state index in [1.807, 2.05) is 27.7 Å². The summed E-state index contributed by atoms with van der Waals surface area (Å²) in [7, 11) is 0. The van der Waals surface area contributed by atoms with E-state index in [1.54, 1.807) is 0 Å². The number of hydrogen-bond acceptors (Lipinski definition) is 6. The Labute approximate surface area is 198 Å². The van der Waals surface area contributed by atoms with Crippen LogP contribution in [0.1, 0.15) is 53.9 Å². The van der Waals surface area contributed by atoms with Crippen LogP contribution in [-0.4, -0.2) is 76.2 Å². The average Bonchev–Trinajstić information content (AvgIpc) is 3.59. The molecule has 6 heteroatoms. The number of carbonyl (C=O) groups is 2. The van der Waals surface area contributed by atoms with E-state index in [2.05, 4.69) is 39.8 Å². The maximum absolute atomic E-state index is 12.4. The molecule has 2 aliphatic carbocycles. The number of ketones is 2. The maximum Gasteiger partial charge on any atom is 0.227 e. The summed E-state index contributed by atoms with van der Waals surface area (Å²) in [4.78, 5) is 30.5. The van der Waals surface area contributed by atoms with Crippen molar-refractivity contribution < 1.29 is 14.7 Å². The molecule has 0 radical (unpaired) electrons. The monoisotopic (exact) mass is 453 g/mol. The topological polar surface area (TPSA) is 63.4 Å². The van der Waals surface area contributed by atoms with Crippen LogP contribution < -0.4 is 0 Å². The summed E-state index contributed by atoms with van der Waals surface area (Å²) >= 11 is 0. The Hall–Kier alpha value is -2.34. The van der Waals surface area contributed by atoms with Crippen molar-refractivity contribution in [3.8, 4) is 0 Å². The predicted octanol–water partition coefficient (Wildman–Crippen LogP) is 3.27. The summed E-state index contributed by atoms with van der Waals surface area (Å²) in [5.41, 5.74) is 2.32. The van der Waals surface area contributed by atoms with Crippen molar-refractivity contribution in [2.45, 2.75) is 59.5 Å². The van der Waals surface area contributed by atoms with Gasteiger partial charge in [-0.15, -0.1) is 0 Å². The molecule has 3 heterocycles. The Morgan fingerprint density at radius 2 is 1.58 bits per heavy atom. The maximum atomic E-state index is 12.4. The molecule has 1 N–H and O–H groups in total. The molecule has 2 unspecified atom stereocenters. The van der Waals surface area contributed by atoms with Crippen LogP contribution >= 0.6 is 0 Å². The summed E-state index contributed by atoms with van der Waals surface area (Å²) in [6.07, 6.45) is 11.6. The number of carbonyl (C=O) groups excluding carboxylic acids is 2. The van der Waals surface area contributed by atoms with Gasteiger partial charge in [-0.05, 0) is 30.3 Å². The van der Waals surface area contributed by atoms with Gasteiger partial charge in [-0.1, -0.05) is 58.8 Å². The second-order valence-electron chi connectivity index (χ2n) is 11.0. The van der Waals surface area contributed by atoms with Crippen molar-refractivity contribution in [3.05, 3.63) is 47.0 Å². The minimum absolute atomic E-state index is 0.00546. The lowest BCUT2D eigenvalue weighted by atomic mass is 9.72. The van der Waals surface area contributed by atoms with Gasteiger partial charge >= 0.3 is 0 Å². The van der Waals surface area contributed by atoms with Crippen molar-refractivity contribution in [2.24, 2.45) is 11.3 Å². The second-order valence-corrected chi connectivity index (χ2v) is 11.0. The highest BCUT2D eigenvalue weighted by molar-refractivity contribution is 6.22. The molecule has 5 aliphatic rings. The third-order valence-corrected chi connectivity index (χ3v) is 6.78. The quantitative estimate of drug-likeness (QED) is 0.378. The highest BCUT2D eigenvalue weighted by Gasteiger charge is 2.43. The molecule has 0 aromatic heterocycles.